The van der Waals surface area contributed by atoms with Gasteiger partial charge in [0.05, 0.1) is 29.0 Å². The Morgan fingerprint density at radius 2 is 1.85 bits per heavy atom. The molecule has 0 saturated heterocycles. The Morgan fingerprint density at radius 1 is 1.09 bits per heavy atom. The molecule has 0 saturated carbocycles. The molecule has 0 fully saturated rings. The van der Waals surface area contributed by atoms with Gasteiger partial charge < -0.3 is 9.47 Å². The van der Waals surface area contributed by atoms with Crippen LogP contribution in [0, 0.1) is 0 Å². The smallest absolute Gasteiger partial charge is 0.311 e. The maximum atomic E-state index is 12.7. The van der Waals surface area contributed by atoms with E-state index in [9.17, 15) is 22.8 Å². The van der Waals surface area contributed by atoms with Gasteiger partial charge in [0, 0.05) is 17.9 Å². The number of hydrogen-bond acceptors (Lipinski definition) is 11. The lowest BCUT2D eigenvalue weighted by molar-refractivity contribution is -0.142. The molecule has 1 amide bonds. The molecule has 0 aliphatic rings. The number of carbonyl (C=O) groups excluding carboxylic acids is 3. The summed E-state index contributed by atoms with van der Waals surface area (Å²) in [6, 6.07) is 5.39. The van der Waals surface area contributed by atoms with E-state index in [4.69, 9.17) is 9.47 Å². The molecule has 174 valence electrons. The maximum Gasteiger partial charge on any atom is 0.311 e. The molecule has 3 aromatic rings. The second-order valence-electron chi connectivity index (χ2n) is 6.30. The predicted octanol–water partition coefficient (Wildman–Crippen LogP) is 2.68. The predicted molar refractivity (Wildman–Crippen MR) is 121 cm³/mol. The van der Waals surface area contributed by atoms with Gasteiger partial charge in [0.25, 0.3) is 15.9 Å². The van der Waals surface area contributed by atoms with Crippen molar-refractivity contribution in [3.63, 3.8) is 0 Å². The molecule has 33 heavy (non-hydrogen) atoms. The first-order valence-electron chi connectivity index (χ1n) is 9.34. The number of anilines is 2. The molecule has 0 unspecified atom stereocenters. The zero-order valence-electron chi connectivity index (χ0n) is 17.4. The van der Waals surface area contributed by atoms with Crippen LogP contribution in [-0.2, 0) is 30.8 Å². The summed E-state index contributed by atoms with van der Waals surface area (Å²) in [4.78, 5) is 43.0. The average Bonchev–Trinajstić information content (AvgIpc) is 3.36. The second kappa shape index (κ2) is 10.5. The highest BCUT2D eigenvalue weighted by atomic mass is 32.2. The lowest BCUT2D eigenvalue weighted by Crippen LogP contribution is -2.16. The van der Waals surface area contributed by atoms with Crippen LogP contribution in [0.3, 0.4) is 0 Å². The standard InChI is InChI=1S/C19H18N4O7S3/c1-3-29-16(25)8-13-9-31-18(20-13)22-17(26)12-5-4-6-14(7-12)33(27,28)23-19-21-15(10-32-19)30-11(2)24/h4-7,9-10H,3,8H2,1-2H3,(H,21,23)(H,20,22,26). The van der Waals surface area contributed by atoms with Crippen LogP contribution in [-0.4, -0.2) is 42.8 Å². The van der Waals surface area contributed by atoms with Crippen molar-refractivity contribution in [2.75, 3.05) is 16.6 Å². The second-order valence-corrected chi connectivity index (χ2v) is 9.70. The third-order valence-corrected chi connectivity index (χ3v) is 6.77. The normalized spacial score (nSPS) is 11.0. The number of esters is 2. The lowest BCUT2D eigenvalue weighted by atomic mass is 10.2. The van der Waals surface area contributed by atoms with E-state index in [2.05, 4.69) is 20.0 Å². The van der Waals surface area contributed by atoms with Gasteiger partial charge in [-0.25, -0.2) is 13.4 Å². The molecule has 0 bridgehead atoms. The van der Waals surface area contributed by atoms with Gasteiger partial charge >= 0.3 is 11.9 Å². The van der Waals surface area contributed by atoms with Crippen LogP contribution < -0.4 is 14.8 Å². The number of aromatic nitrogens is 2. The zero-order valence-corrected chi connectivity index (χ0v) is 19.8. The fourth-order valence-corrected chi connectivity index (χ4v) is 5.07. The largest absolute Gasteiger partial charge is 0.466 e. The Kier molecular flexibility index (Phi) is 7.73. The van der Waals surface area contributed by atoms with Gasteiger partial charge in [-0.05, 0) is 25.1 Å². The van der Waals surface area contributed by atoms with Gasteiger partial charge in [-0.15, -0.1) is 22.7 Å². The molecule has 3 rings (SSSR count). The van der Waals surface area contributed by atoms with Crippen LogP contribution in [0.1, 0.15) is 29.9 Å². The van der Waals surface area contributed by atoms with Gasteiger partial charge in [0.1, 0.15) is 0 Å². The van der Waals surface area contributed by atoms with Gasteiger partial charge in [-0.3, -0.25) is 24.4 Å². The number of benzene rings is 1. The van der Waals surface area contributed by atoms with Crippen molar-refractivity contribution in [3.8, 4) is 5.88 Å². The SMILES string of the molecule is CCOC(=O)Cc1csc(NC(=O)c2cccc(S(=O)(=O)Nc3nc(OC(C)=O)cs3)c2)n1. The van der Waals surface area contributed by atoms with Gasteiger partial charge in [0.15, 0.2) is 10.3 Å². The molecule has 11 nitrogen and oxygen atoms in total. The first kappa shape index (κ1) is 24.3. The minimum Gasteiger partial charge on any atom is -0.466 e. The monoisotopic (exact) mass is 510 g/mol. The summed E-state index contributed by atoms with van der Waals surface area (Å²) < 4.78 is 37.3. The topological polar surface area (TPSA) is 154 Å². The molecule has 0 aliphatic carbocycles. The van der Waals surface area contributed by atoms with E-state index >= 15 is 0 Å². The highest BCUT2D eigenvalue weighted by molar-refractivity contribution is 7.93. The number of carbonyl (C=O) groups is 3. The Labute approximate surface area is 196 Å². The Hall–Kier alpha value is -3.36. The van der Waals surface area contributed by atoms with Crippen molar-refractivity contribution in [2.45, 2.75) is 25.2 Å². The average molecular weight is 511 g/mol. The van der Waals surface area contributed by atoms with Crippen LogP contribution in [0.2, 0.25) is 0 Å². The van der Waals surface area contributed by atoms with Gasteiger partial charge in [-0.1, -0.05) is 6.07 Å². The van der Waals surface area contributed by atoms with Gasteiger partial charge in [-0.2, -0.15) is 4.98 Å². The number of amides is 1. The summed E-state index contributed by atoms with van der Waals surface area (Å²) in [5, 5.41) is 5.83. The van der Waals surface area contributed by atoms with Crippen molar-refractivity contribution >= 4 is 60.8 Å². The summed E-state index contributed by atoms with van der Waals surface area (Å²) in [6.07, 6.45) is -0.0183. The lowest BCUT2D eigenvalue weighted by Gasteiger charge is -2.07. The van der Waals surface area contributed by atoms with E-state index < -0.39 is 27.9 Å². The molecule has 14 heteroatoms. The van der Waals surface area contributed by atoms with Gasteiger partial charge in [0.2, 0.25) is 5.88 Å². The molecule has 1 aromatic carbocycles. The molecule has 0 aliphatic heterocycles. The van der Waals surface area contributed by atoms with E-state index in [-0.39, 0.29) is 39.6 Å². The number of nitrogens with zero attached hydrogens (tertiary/aromatic N) is 2. The highest BCUT2D eigenvalue weighted by Gasteiger charge is 2.19. The number of nitrogens with one attached hydrogen (secondary N) is 2. The third kappa shape index (κ3) is 6.81. The number of hydrogen-bond donors (Lipinski definition) is 2. The molecular formula is C19H18N4O7S3. The zero-order chi connectivity index (χ0) is 24.0. The fraction of sp³-hybridized carbons (Fsp3) is 0.211. The fourth-order valence-electron chi connectivity index (χ4n) is 2.45. The number of rotatable bonds is 9. The minimum absolute atomic E-state index is 0.00183. The first-order chi connectivity index (χ1) is 15.7. The summed E-state index contributed by atoms with van der Waals surface area (Å²) >= 11 is 2.06. The van der Waals surface area contributed by atoms with Crippen molar-refractivity contribution < 1.29 is 32.3 Å². The summed E-state index contributed by atoms with van der Waals surface area (Å²) in [6.45, 7) is 3.16. The highest BCUT2D eigenvalue weighted by Crippen LogP contribution is 2.25. The number of sulfonamides is 1. The molecule has 2 N–H and O–H groups in total. The summed E-state index contributed by atoms with van der Waals surface area (Å²) in [7, 11) is -4.06. The quantitative estimate of drug-likeness (QED) is 0.414. The Bertz CT molecular complexity index is 1280. The summed E-state index contributed by atoms with van der Waals surface area (Å²) in [5.74, 6) is -1.60. The van der Waals surface area contributed by atoms with Crippen LogP contribution in [0.5, 0.6) is 5.88 Å². The first-order valence-corrected chi connectivity index (χ1v) is 12.6. The van der Waals surface area contributed by atoms with Crippen molar-refractivity contribution in [1.82, 2.24) is 9.97 Å². The van der Waals surface area contributed by atoms with Crippen molar-refractivity contribution in [3.05, 3.63) is 46.3 Å². The Balaban J connectivity index is 1.69. The summed E-state index contributed by atoms with van der Waals surface area (Å²) in [5.41, 5.74) is 0.533. The molecule has 2 heterocycles. The van der Waals surface area contributed by atoms with Crippen molar-refractivity contribution in [1.29, 1.82) is 0 Å². The molecule has 0 radical (unpaired) electrons. The van der Waals surface area contributed by atoms with E-state index in [1.165, 1.54) is 36.6 Å². The molecule has 0 spiro atoms. The molecular weight excluding hydrogens is 492 g/mol. The maximum absolute atomic E-state index is 12.7. The van der Waals surface area contributed by atoms with E-state index in [1.807, 2.05) is 0 Å². The molecule has 0 atom stereocenters. The van der Waals surface area contributed by atoms with Crippen molar-refractivity contribution in [2.24, 2.45) is 0 Å². The third-order valence-electron chi connectivity index (χ3n) is 3.76. The van der Waals surface area contributed by atoms with Crippen LogP contribution >= 0.6 is 22.7 Å². The number of thiazole rings is 2. The minimum atomic E-state index is -4.06. The Morgan fingerprint density at radius 3 is 2.58 bits per heavy atom. The van der Waals surface area contributed by atoms with E-state index in [0.717, 1.165) is 22.7 Å². The van der Waals surface area contributed by atoms with Crippen LogP contribution in [0.15, 0.2) is 39.9 Å². The van der Waals surface area contributed by atoms with E-state index in [0.29, 0.717) is 5.69 Å². The molecule has 2 aromatic heterocycles. The van der Waals surface area contributed by atoms with E-state index in [1.54, 1.807) is 12.3 Å². The number of ether oxygens (including phenoxy) is 2. The van der Waals surface area contributed by atoms with Crippen LogP contribution in [0.25, 0.3) is 0 Å². The van der Waals surface area contributed by atoms with Crippen LogP contribution in [0.4, 0.5) is 10.3 Å².